The van der Waals surface area contributed by atoms with E-state index in [1.807, 2.05) is 0 Å². The predicted molar refractivity (Wildman–Crippen MR) is 34.5 cm³/mol. The summed E-state index contributed by atoms with van der Waals surface area (Å²) < 4.78 is 12.9. The summed E-state index contributed by atoms with van der Waals surface area (Å²) in [7, 11) is 0. The van der Waals surface area contributed by atoms with Crippen molar-refractivity contribution in [1.29, 1.82) is 0 Å². The Labute approximate surface area is 57.4 Å². The third-order valence-corrected chi connectivity index (χ3v) is 0.897. The zero-order valence-corrected chi connectivity index (χ0v) is 5.31. The van der Waals surface area contributed by atoms with Crippen LogP contribution in [-0.4, -0.2) is 27.9 Å². The van der Waals surface area contributed by atoms with Crippen molar-refractivity contribution in [2.75, 3.05) is 6.67 Å². The van der Waals surface area contributed by atoms with E-state index in [0.29, 0.717) is 6.67 Å². The lowest BCUT2D eigenvalue weighted by molar-refractivity contribution is 0.576. The van der Waals surface area contributed by atoms with E-state index in [1.165, 1.54) is 10.9 Å². The molecule has 0 fully saturated rings. The van der Waals surface area contributed by atoms with E-state index in [2.05, 4.69) is 15.3 Å². The van der Waals surface area contributed by atoms with Crippen molar-refractivity contribution in [2.24, 2.45) is 4.99 Å². The Morgan fingerprint density at radius 3 is 3.20 bits per heavy atom. The first kappa shape index (κ1) is 6.85. The molecule has 1 aromatic heterocycles. The van der Waals surface area contributed by atoms with Gasteiger partial charge in [-0.05, 0) is 0 Å². The van der Waals surface area contributed by atoms with Crippen LogP contribution in [0.1, 0.15) is 0 Å². The molecule has 0 saturated heterocycles. The predicted octanol–water partition coefficient (Wildman–Crippen LogP) is 0.276. The third kappa shape index (κ3) is 1.93. The molecular formula is C5H7FN4. The van der Waals surface area contributed by atoms with Crippen LogP contribution in [0.5, 0.6) is 0 Å². The monoisotopic (exact) mass is 142 g/mol. The van der Waals surface area contributed by atoms with Gasteiger partial charge in [0.25, 0.3) is 0 Å². The van der Waals surface area contributed by atoms with E-state index in [9.17, 15) is 4.39 Å². The molecule has 1 rings (SSSR count). The first-order valence-corrected chi connectivity index (χ1v) is 2.82. The molecule has 0 spiro atoms. The molecule has 0 amide bonds. The van der Waals surface area contributed by atoms with Gasteiger partial charge in [-0.25, -0.2) is 9.07 Å². The lowest BCUT2D eigenvalue weighted by Gasteiger charge is -1.89. The Bertz CT molecular complexity index is 193. The molecule has 5 heteroatoms. The molecular weight excluding hydrogens is 135 g/mol. The number of hydrogen-bond donors (Lipinski definition) is 0. The number of aromatic nitrogens is 3. The third-order valence-electron chi connectivity index (χ3n) is 0.897. The van der Waals surface area contributed by atoms with Gasteiger partial charge < -0.3 is 0 Å². The highest BCUT2D eigenvalue weighted by atomic mass is 19.1. The van der Waals surface area contributed by atoms with E-state index < -0.39 is 6.67 Å². The van der Waals surface area contributed by atoms with E-state index in [4.69, 9.17) is 0 Å². The highest BCUT2D eigenvalue weighted by Crippen LogP contribution is 1.80. The standard InChI is InChI=1S/C5H7FN4/c6-1-2-7-5-10-4-3-8-9-10/h2-4H,1,5H2. The molecule has 0 aromatic carbocycles. The van der Waals surface area contributed by atoms with Crippen molar-refractivity contribution in [3.05, 3.63) is 12.4 Å². The Hall–Kier alpha value is -1.26. The molecule has 0 saturated carbocycles. The van der Waals surface area contributed by atoms with Crippen LogP contribution in [0.3, 0.4) is 0 Å². The topological polar surface area (TPSA) is 43.1 Å². The first-order chi connectivity index (χ1) is 4.93. The molecule has 0 N–H and O–H groups in total. The van der Waals surface area contributed by atoms with Gasteiger partial charge >= 0.3 is 0 Å². The summed E-state index contributed by atoms with van der Waals surface area (Å²) in [4.78, 5) is 3.69. The Morgan fingerprint density at radius 2 is 2.60 bits per heavy atom. The summed E-state index contributed by atoms with van der Waals surface area (Å²) in [6.07, 6.45) is 4.40. The largest absolute Gasteiger partial charge is 0.271 e. The highest BCUT2D eigenvalue weighted by Gasteiger charge is 1.83. The van der Waals surface area contributed by atoms with Crippen molar-refractivity contribution < 1.29 is 4.39 Å². The number of hydrogen-bond acceptors (Lipinski definition) is 3. The molecule has 10 heavy (non-hydrogen) atoms. The number of aliphatic imine (C=N–C) groups is 1. The number of rotatable bonds is 3. The van der Waals surface area contributed by atoms with Crippen LogP contribution in [0, 0.1) is 0 Å². The molecule has 0 aliphatic rings. The maximum Gasteiger partial charge on any atom is 0.132 e. The summed E-state index contributed by atoms with van der Waals surface area (Å²) in [5.41, 5.74) is 0. The summed E-state index contributed by atoms with van der Waals surface area (Å²) in [5.74, 6) is 0. The fraction of sp³-hybridized carbons (Fsp3) is 0.400. The van der Waals surface area contributed by atoms with Crippen LogP contribution in [-0.2, 0) is 6.67 Å². The molecule has 0 aliphatic carbocycles. The Kier molecular flexibility index (Phi) is 2.54. The number of nitrogens with zero attached hydrogens (tertiary/aromatic N) is 4. The minimum absolute atomic E-state index is 0.337. The van der Waals surface area contributed by atoms with Crippen LogP contribution >= 0.6 is 0 Å². The van der Waals surface area contributed by atoms with E-state index in [1.54, 1.807) is 12.4 Å². The van der Waals surface area contributed by atoms with Gasteiger partial charge in [0.1, 0.15) is 13.3 Å². The van der Waals surface area contributed by atoms with E-state index in [0.717, 1.165) is 0 Å². The SMILES string of the molecule is FCC=NCn1ccnn1. The van der Waals surface area contributed by atoms with Gasteiger partial charge in [-0.3, -0.25) is 4.99 Å². The normalized spacial score (nSPS) is 10.9. The summed E-state index contributed by atoms with van der Waals surface area (Å²) in [6, 6.07) is 0. The van der Waals surface area contributed by atoms with Crippen LogP contribution in [0.15, 0.2) is 17.4 Å². The van der Waals surface area contributed by atoms with Crippen LogP contribution < -0.4 is 0 Å². The molecule has 0 bridgehead atoms. The average Bonchev–Trinajstić information content (AvgIpc) is 2.41. The van der Waals surface area contributed by atoms with Crippen molar-refractivity contribution in [3.63, 3.8) is 0 Å². The van der Waals surface area contributed by atoms with Gasteiger partial charge in [0.15, 0.2) is 0 Å². The lowest BCUT2D eigenvalue weighted by atomic mass is 10.8. The number of alkyl halides is 1. The second-order valence-corrected chi connectivity index (χ2v) is 1.60. The average molecular weight is 142 g/mol. The smallest absolute Gasteiger partial charge is 0.132 e. The fourth-order valence-electron chi connectivity index (χ4n) is 0.498. The second kappa shape index (κ2) is 3.71. The van der Waals surface area contributed by atoms with Crippen LogP contribution in [0.4, 0.5) is 4.39 Å². The van der Waals surface area contributed by atoms with Crippen molar-refractivity contribution in [1.82, 2.24) is 15.0 Å². The quantitative estimate of drug-likeness (QED) is 0.569. The zero-order valence-electron chi connectivity index (χ0n) is 5.31. The molecule has 1 aromatic rings. The van der Waals surface area contributed by atoms with Gasteiger partial charge in [0.05, 0.1) is 6.20 Å². The minimum Gasteiger partial charge on any atom is -0.271 e. The highest BCUT2D eigenvalue weighted by molar-refractivity contribution is 5.57. The molecule has 54 valence electrons. The Morgan fingerprint density at radius 1 is 1.70 bits per heavy atom. The van der Waals surface area contributed by atoms with Crippen LogP contribution in [0.2, 0.25) is 0 Å². The van der Waals surface area contributed by atoms with Gasteiger partial charge in [0.2, 0.25) is 0 Å². The van der Waals surface area contributed by atoms with Crippen molar-refractivity contribution >= 4 is 6.21 Å². The van der Waals surface area contributed by atoms with Crippen molar-refractivity contribution in [3.8, 4) is 0 Å². The minimum atomic E-state index is -0.533. The first-order valence-electron chi connectivity index (χ1n) is 2.82. The van der Waals surface area contributed by atoms with Gasteiger partial charge in [0, 0.05) is 12.4 Å². The van der Waals surface area contributed by atoms with Gasteiger partial charge in [-0.1, -0.05) is 5.21 Å². The molecule has 1 heterocycles. The molecule has 0 aliphatic heterocycles. The van der Waals surface area contributed by atoms with E-state index >= 15 is 0 Å². The number of halogens is 1. The lowest BCUT2D eigenvalue weighted by Crippen LogP contribution is -1.96. The van der Waals surface area contributed by atoms with E-state index in [-0.39, 0.29) is 0 Å². The van der Waals surface area contributed by atoms with Crippen molar-refractivity contribution in [2.45, 2.75) is 6.67 Å². The summed E-state index contributed by atoms with van der Waals surface area (Å²) >= 11 is 0. The maximum absolute atomic E-state index is 11.4. The second-order valence-electron chi connectivity index (χ2n) is 1.60. The Balaban J connectivity index is 2.34. The molecule has 0 unspecified atom stereocenters. The van der Waals surface area contributed by atoms with Gasteiger partial charge in [-0.2, -0.15) is 0 Å². The van der Waals surface area contributed by atoms with Gasteiger partial charge in [-0.15, -0.1) is 5.10 Å². The fourth-order valence-corrected chi connectivity index (χ4v) is 0.498. The molecule has 4 nitrogen and oxygen atoms in total. The zero-order chi connectivity index (χ0) is 7.23. The summed E-state index contributed by atoms with van der Waals surface area (Å²) in [6.45, 7) is -0.196. The summed E-state index contributed by atoms with van der Waals surface area (Å²) in [5, 5.41) is 7.16. The molecule has 0 radical (unpaired) electrons. The maximum atomic E-state index is 11.4. The van der Waals surface area contributed by atoms with Crippen LogP contribution in [0.25, 0.3) is 0 Å². The molecule has 0 atom stereocenters.